The first-order valence-electron chi connectivity index (χ1n) is 5.61. The van der Waals surface area contributed by atoms with Crippen molar-refractivity contribution in [2.75, 3.05) is 17.2 Å². The number of aromatic nitrogens is 2. The molecule has 88 valence electrons. The highest BCUT2D eigenvalue weighted by atomic mass is 32.2. The van der Waals surface area contributed by atoms with Crippen molar-refractivity contribution < 1.29 is 0 Å². The maximum atomic E-state index is 5.51. The lowest BCUT2D eigenvalue weighted by atomic mass is 10.2. The number of anilines is 1. The summed E-state index contributed by atoms with van der Waals surface area (Å²) in [6.07, 6.45) is 3.61. The zero-order valence-corrected chi connectivity index (χ0v) is 10.6. The fraction of sp³-hybridized carbons (Fsp3) is 0.636. The van der Waals surface area contributed by atoms with Gasteiger partial charge in [-0.3, -0.25) is 4.98 Å². The average molecular weight is 238 g/mol. The van der Waals surface area contributed by atoms with Crippen molar-refractivity contribution in [1.82, 2.24) is 9.97 Å². The summed E-state index contributed by atoms with van der Waals surface area (Å²) in [4.78, 5) is 11.1. The average Bonchev–Trinajstić information content (AvgIpc) is 2.33. The number of nitrogens with two attached hydrogens (primary N) is 1. The number of nitrogens with zero attached hydrogens (tertiary/aromatic N) is 3. The molecule has 2 heterocycles. The third kappa shape index (κ3) is 2.30. The molecule has 0 aromatic carbocycles. The van der Waals surface area contributed by atoms with Crippen molar-refractivity contribution in [2.24, 2.45) is 5.73 Å². The van der Waals surface area contributed by atoms with E-state index >= 15 is 0 Å². The summed E-state index contributed by atoms with van der Waals surface area (Å²) < 4.78 is 0. The lowest BCUT2D eigenvalue weighted by Gasteiger charge is -2.38. The Kier molecular flexibility index (Phi) is 3.66. The molecule has 2 unspecified atom stereocenters. The maximum Gasteiger partial charge on any atom is 0.147 e. The molecule has 1 aromatic heterocycles. The van der Waals surface area contributed by atoms with Gasteiger partial charge in [0, 0.05) is 30.1 Å². The Labute approximate surface area is 101 Å². The minimum absolute atomic E-state index is 0.453. The van der Waals surface area contributed by atoms with Gasteiger partial charge in [0.25, 0.3) is 0 Å². The smallest absolute Gasteiger partial charge is 0.147 e. The molecule has 1 fully saturated rings. The monoisotopic (exact) mass is 238 g/mol. The van der Waals surface area contributed by atoms with E-state index in [9.17, 15) is 0 Å². The van der Waals surface area contributed by atoms with Gasteiger partial charge in [-0.05, 0) is 6.92 Å². The summed E-state index contributed by atoms with van der Waals surface area (Å²) in [5, 5.41) is 0.643. The highest BCUT2D eigenvalue weighted by Crippen LogP contribution is 2.27. The first-order valence-corrected chi connectivity index (χ1v) is 6.66. The molecule has 2 atom stereocenters. The molecule has 1 saturated heterocycles. The highest BCUT2D eigenvalue weighted by molar-refractivity contribution is 8.00. The first kappa shape index (κ1) is 11.7. The van der Waals surface area contributed by atoms with Gasteiger partial charge < -0.3 is 10.6 Å². The van der Waals surface area contributed by atoms with Gasteiger partial charge in [-0.1, -0.05) is 6.92 Å². The number of hydrogen-bond donors (Lipinski definition) is 1. The standard InChI is InChI=1S/C11H18N4S/c1-8-9(2)16-4-3-15(8)11-7-13-10(5-12)6-14-11/h6-9H,3-5,12H2,1-2H3. The summed E-state index contributed by atoms with van der Waals surface area (Å²) >= 11 is 2.02. The predicted molar refractivity (Wildman–Crippen MR) is 68.7 cm³/mol. The van der Waals surface area contributed by atoms with E-state index in [4.69, 9.17) is 5.73 Å². The molecule has 4 nitrogen and oxygen atoms in total. The van der Waals surface area contributed by atoms with Crippen molar-refractivity contribution in [3.63, 3.8) is 0 Å². The topological polar surface area (TPSA) is 55.0 Å². The van der Waals surface area contributed by atoms with Crippen LogP contribution in [0.25, 0.3) is 0 Å². The minimum Gasteiger partial charge on any atom is -0.351 e. The molecule has 0 saturated carbocycles. The molecular formula is C11H18N4S. The van der Waals surface area contributed by atoms with Crippen LogP contribution in [0.3, 0.4) is 0 Å². The SMILES string of the molecule is CC1SCCN(c2cnc(CN)cn2)C1C. The van der Waals surface area contributed by atoms with Crippen LogP contribution >= 0.6 is 11.8 Å². The zero-order valence-electron chi connectivity index (χ0n) is 9.76. The van der Waals surface area contributed by atoms with Gasteiger partial charge in [-0.2, -0.15) is 11.8 Å². The van der Waals surface area contributed by atoms with E-state index in [1.54, 1.807) is 6.20 Å². The van der Waals surface area contributed by atoms with Gasteiger partial charge in [0.05, 0.1) is 18.1 Å². The summed E-state index contributed by atoms with van der Waals surface area (Å²) in [6, 6.07) is 0.511. The van der Waals surface area contributed by atoms with Crippen molar-refractivity contribution in [3.05, 3.63) is 18.1 Å². The first-order chi connectivity index (χ1) is 7.72. The molecule has 1 aliphatic rings. The fourth-order valence-electron chi connectivity index (χ4n) is 1.86. The van der Waals surface area contributed by atoms with E-state index < -0.39 is 0 Å². The number of hydrogen-bond acceptors (Lipinski definition) is 5. The molecule has 5 heteroatoms. The van der Waals surface area contributed by atoms with Crippen LogP contribution in [-0.4, -0.2) is 33.6 Å². The van der Waals surface area contributed by atoms with Crippen LogP contribution < -0.4 is 10.6 Å². The summed E-state index contributed by atoms with van der Waals surface area (Å²) in [5.74, 6) is 2.13. The number of rotatable bonds is 2. The second kappa shape index (κ2) is 5.01. The lowest BCUT2D eigenvalue weighted by Crippen LogP contribution is -2.45. The Morgan fingerprint density at radius 3 is 2.88 bits per heavy atom. The Hall–Kier alpha value is -0.810. The van der Waals surface area contributed by atoms with E-state index in [2.05, 4.69) is 28.7 Å². The van der Waals surface area contributed by atoms with E-state index in [-0.39, 0.29) is 0 Å². The molecule has 0 amide bonds. The van der Waals surface area contributed by atoms with Gasteiger partial charge in [-0.25, -0.2) is 4.98 Å². The lowest BCUT2D eigenvalue weighted by molar-refractivity contribution is 0.618. The predicted octanol–water partition coefficient (Wildman–Crippen LogP) is 1.27. The Bertz CT molecular complexity index is 340. The molecule has 0 aliphatic carbocycles. The van der Waals surface area contributed by atoms with E-state index in [0.29, 0.717) is 17.8 Å². The van der Waals surface area contributed by atoms with Crippen LogP contribution in [0.5, 0.6) is 0 Å². The summed E-state index contributed by atoms with van der Waals surface area (Å²) in [5.41, 5.74) is 6.35. The van der Waals surface area contributed by atoms with Gasteiger partial charge in [0.15, 0.2) is 0 Å². The Balaban J connectivity index is 2.15. The van der Waals surface area contributed by atoms with Crippen LogP contribution in [-0.2, 0) is 6.54 Å². The van der Waals surface area contributed by atoms with Gasteiger partial charge in [-0.15, -0.1) is 0 Å². The van der Waals surface area contributed by atoms with E-state index in [1.165, 1.54) is 0 Å². The molecule has 2 rings (SSSR count). The zero-order chi connectivity index (χ0) is 11.5. The molecule has 1 aliphatic heterocycles. The summed E-state index contributed by atoms with van der Waals surface area (Å²) in [6.45, 7) is 6.01. The summed E-state index contributed by atoms with van der Waals surface area (Å²) in [7, 11) is 0. The van der Waals surface area contributed by atoms with Crippen molar-refractivity contribution in [1.29, 1.82) is 0 Å². The van der Waals surface area contributed by atoms with Gasteiger partial charge in [0.2, 0.25) is 0 Å². The Morgan fingerprint density at radius 2 is 2.25 bits per heavy atom. The maximum absolute atomic E-state index is 5.51. The molecule has 16 heavy (non-hydrogen) atoms. The third-order valence-corrected chi connectivity index (χ3v) is 4.42. The largest absolute Gasteiger partial charge is 0.351 e. The molecular weight excluding hydrogens is 220 g/mol. The molecule has 0 radical (unpaired) electrons. The van der Waals surface area contributed by atoms with E-state index in [1.807, 2.05) is 18.0 Å². The fourth-order valence-corrected chi connectivity index (χ4v) is 2.96. The van der Waals surface area contributed by atoms with Crippen molar-refractivity contribution >= 4 is 17.6 Å². The Morgan fingerprint density at radius 1 is 1.44 bits per heavy atom. The van der Waals surface area contributed by atoms with Crippen molar-refractivity contribution in [2.45, 2.75) is 31.7 Å². The third-order valence-electron chi connectivity index (χ3n) is 3.08. The van der Waals surface area contributed by atoms with Gasteiger partial charge >= 0.3 is 0 Å². The molecule has 0 bridgehead atoms. The normalized spacial score (nSPS) is 25.8. The van der Waals surface area contributed by atoms with Crippen LogP contribution in [0.4, 0.5) is 5.82 Å². The quantitative estimate of drug-likeness (QED) is 0.841. The second-order valence-corrected chi connectivity index (χ2v) is 5.57. The molecule has 1 aromatic rings. The number of thioether (sulfide) groups is 1. The van der Waals surface area contributed by atoms with Crippen LogP contribution in [0.1, 0.15) is 19.5 Å². The van der Waals surface area contributed by atoms with E-state index in [0.717, 1.165) is 23.8 Å². The van der Waals surface area contributed by atoms with Crippen LogP contribution in [0.15, 0.2) is 12.4 Å². The van der Waals surface area contributed by atoms with Crippen LogP contribution in [0, 0.1) is 0 Å². The molecule has 0 spiro atoms. The van der Waals surface area contributed by atoms with Crippen molar-refractivity contribution in [3.8, 4) is 0 Å². The van der Waals surface area contributed by atoms with Gasteiger partial charge in [0.1, 0.15) is 5.82 Å². The van der Waals surface area contributed by atoms with Crippen LogP contribution in [0.2, 0.25) is 0 Å². The highest BCUT2D eigenvalue weighted by Gasteiger charge is 2.26. The molecule has 2 N–H and O–H groups in total. The second-order valence-electron chi connectivity index (χ2n) is 4.08. The minimum atomic E-state index is 0.453.